The second-order valence-corrected chi connectivity index (χ2v) is 5.31. The van der Waals surface area contributed by atoms with Crippen molar-refractivity contribution in [1.82, 2.24) is 0 Å². The first-order valence-electron chi connectivity index (χ1n) is 6.26. The molecule has 0 aromatic carbocycles. The molecule has 0 aliphatic heterocycles. The van der Waals surface area contributed by atoms with Crippen LogP contribution in [0.4, 0.5) is 5.00 Å². The van der Waals surface area contributed by atoms with Crippen LogP contribution in [0.1, 0.15) is 48.8 Å². The molecule has 0 radical (unpaired) electrons. The highest BCUT2D eigenvalue weighted by molar-refractivity contribution is 7.16. The lowest BCUT2D eigenvalue weighted by Gasteiger charge is -2.12. The number of carbonyl (C=O) groups excluding carboxylic acids is 2. The summed E-state index contributed by atoms with van der Waals surface area (Å²) in [6, 6.07) is 1.76. The van der Waals surface area contributed by atoms with Gasteiger partial charge < -0.3 is 11.1 Å². The summed E-state index contributed by atoms with van der Waals surface area (Å²) in [7, 11) is 0. The summed E-state index contributed by atoms with van der Waals surface area (Å²) in [6.45, 7) is 5.96. The van der Waals surface area contributed by atoms with E-state index in [1.165, 1.54) is 11.3 Å². The molecule has 2 amide bonds. The maximum Gasteiger partial charge on any atom is 0.251 e. The van der Waals surface area contributed by atoms with Gasteiger partial charge in [0.05, 0.1) is 5.56 Å². The van der Waals surface area contributed by atoms with E-state index in [-0.39, 0.29) is 11.8 Å². The van der Waals surface area contributed by atoms with Crippen LogP contribution in [0.25, 0.3) is 0 Å². The molecule has 0 saturated heterocycles. The molecule has 1 aromatic heterocycles. The Labute approximate surface area is 112 Å². The van der Waals surface area contributed by atoms with Crippen molar-refractivity contribution in [2.75, 3.05) is 5.32 Å². The van der Waals surface area contributed by atoms with Crippen molar-refractivity contribution in [2.45, 2.75) is 40.0 Å². The van der Waals surface area contributed by atoms with Crippen molar-refractivity contribution in [3.8, 4) is 0 Å². The second kappa shape index (κ2) is 6.54. The van der Waals surface area contributed by atoms with E-state index in [4.69, 9.17) is 5.73 Å². The number of nitrogens with two attached hydrogens (primary N) is 1. The van der Waals surface area contributed by atoms with Crippen LogP contribution in [-0.2, 0) is 11.2 Å². The molecule has 0 unspecified atom stereocenters. The van der Waals surface area contributed by atoms with Gasteiger partial charge in [0.1, 0.15) is 5.00 Å². The summed E-state index contributed by atoms with van der Waals surface area (Å²) in [4.78, 5) is 24.4. The molecule has 0 aliphatic carbocycles. The minimum Gasteiger partial charge on any atom is -0.366 e. The van der Waals surface area contributed by atoms with Gasteiger partial charge in [-0.3, -0.25) is 9.59 Å². The Bertz CT molecular complexity index is 436. The lowest BCUT2D eigenvalue weighted by molar-refractivity contribution is -0.120. The van der Waals surface area contributed by atoms with E-state index in [1.807, 2.05) is 20.8 Å². The van der Waals surface area contributed by atoms with E-state index in [0.29, 0.717) is 10.6 Å². The Morgan fingerprint density at radius 2 is 1.94 bits per heavy atom. The van der Waals surface area contributed by atoms with Gasteiger partial charge in [0.25, 0.3) is 5.91 Å². The van der Waals surface area contributed by atoms with Crippen molar-refractivity contribution >= 4 is 28.2 Å². The van der Waals surface area contributed by atoms with Crippen molar-refractivity contribution in [3.05, 3.63) is 16.5 Å². The van der Waals surface area contributed by atoms with Gasteiger partial charge in [-0.15, -0.1) is 11.3 Å². The van der Waals surface area contributed by atoms with Crippen LogP contribution >= 0.6 is 11.3 Å². The van der Waals surface area contributed by atoms with Gasteiger partial charge in [0, 0.05) is 10.8 Å². The van der Waals surface area contributed by atoms with Gasteiger partial charge in [-0.2, -0.15) is 0 Å². The largest absolute Gasteiger partial charge is 0.366 e. The first-order valence-corrected chi connectivity index (χ1v) is 7.08. The first-order chi connectivity index (χ1) is 8.53. The number of hydrogen-bond donors (Lipinski definition) is 2. The molecular weight excluding hydrogens is 248 g/mol. The Balaban J connectivity index is 2.92. The van der Waals surface area contributed by atoms with E-state index in [1.54, 1.807) is 6.07 Å². The number of rotatable bonds is 6. The number of nitrogens with one attached hydrogen (secondary N) is 1. The molecule has 0 bridgehead atoms. The van der Waals surface area contributed by atoms with Crippen molar-refractivity contribution in [1.29, 1.82) is 0 Å². The van der Waals surface area contributed by atoms with Crippen LogP contribution in [0.5, 0.6) is 0 Å². The molecule has 4 nitrogen and oxygen atoms in total. The number of aryl methyl sites for hydroxylation is 1. The summed E-state index contributed by atoms with van der Waals surface area (Å²) in [5.41, 5.74) is 5.73. The van der Waals surface area contributed by atoms with Gasteiger partial charge in [-0.05, 0) is 25.3 Å². The van der Waals surface area contributed by atoms with Crippen molar-refractivity contribution in [2.24, 2.45) is 11.7 Å². The predicted molar refractivity (Wildman–Crippen MR) is 74.9 cm³/mol. The van der Waals surface area contributed by atoms with Crippen LogP contribution in [0.3, 0.4) is 0 Å². The predicted octanol–water partition coefficient (Wildman–Crippen LogP) is 2.78. The van der Waals surface area contributed by atoms with Gasteiger partial charge in [-0.1, -0.05) is 20.8 Å². The SMILES string of the molecule is CCc1cc(C(N)=O)c(NC(=O)C(CC)CC)s1. The summed E-state index contributed by atoms with van der Waals surface area (Å²) in [5.74, 6) is -0.546. The zero-order valence-corrected chi connectivity index (χ0v) is 11.9. The summed E-state index contributed by atoms with van der Waals surface area (Å²) >= 11 is 1.42. The third kappa shape index (κ3) is 3.32. The molecule has 0 fully saturated rings. The molecule has 0 saturated carbocycles. The van der Waals surface area contributed by atoms with E-state index < -0.39 is 5.91 Å². The Hall–Kier alpha value is -1.36. The lowest BCUT2D eigenvalue weighted by atomic mass is 10.0. The summed E-state index contributed by atoms with van der Waals surface area (Å²) in [5, 5.41) is 3.41. The number of carbonyl (C=O) groups is 2. The smallest absolute Gasteiger partial charge is 0.251 e. The third-order valence-corrected chi connectivity index (χ3v) is 4.18. The summed E-state index contributed by atoms with van der Waals surface area (Å²) < 4.78 is 0. The molecule has 5 heteroatoms. The standard InChI is InChI=1S/C13H20N2O2S/c1-4-8(5-2)12(17)15-13-10(11(14)16)7-9(6-3)18-13/h7-8H,4-6H2,1-3H3,(H2,14,16)(H,15,17). The molecule has 3 N–H and O–H groups in total. The number of amides is 2. The monoisotopic (exact) mass is 268 g/mol. The van der Waals surface area contributed by atoms with E-state index >= 15 is 0 Å². The van der Waals surface area contributed by atoms with Crippen molar-refractivity contribution < 1.29 is 9.59 Å². The molecule has 0 atom stereocenters. The molecule has 0 aliphatic rings. The fourth-order valence-electron chi connectivity index (χ4n) is 1.77. The van der Waals surface area contributed by atoms with Crippen LogP contribution in [0.2, 0.25) is 0 Å². The molecule has 100 valence electrons. The Morgan fingerprint density at radius 3 is 2.39 bits per heavy atom. The average Bonchev–Trinajstić information content (AvgIpc) is 2.74. The highest BCUT2D eigenvalue weighted by atomic mass is 32.1. The first kappa shape index (κ1) is 14.7. The molecule has 1 aromatic rings. The fraction of sp³-hybridized carbons (Fsp3) is 0.538. The zero-order chi connectivity index (χ0) is 13.7. The van der Waals surface area contributed by atoms with E-state index in [0.717, 1.165) is 24.1 Å². The van der Waals surface area contributed by atoms with Crippen LogP contribution < -0.4 is 11.1 Å². The van der Waals surface area contributed by atoms with Gasteiger partial charge in [0.2, 0.25) is 5.91 Å². The molecule has 0 spiro atoms. The summed E-state index contributed by atoms with van der Waals surface area (Å²) in [6.07, 6.45) is 2.41. The van der Waals surface area contributed by atoms with E-state index in [2.05, 4.69) is 5.32 Å². The molecule has 1 heterocycles. The van der Waals surface area contributed by atoms with Crippen LogP contribution in [0.15, 0.2) is 6.07 Å². The molecule has 18 heavy (non-hydrogen) atoms. The van der Waals surface area contributed by atoms with Crippen LogP contribution in [0, 0.1) is 5.92 Å². The number of anilines is 1. The highest BCUT2D eigenvalue weighted by Crippen LogP contribution is 2.29. The zero-order valence-electron chi connectivity index (χ0n) is 11.1. The molecular formula is C13H20N2O2S. The number of thiophene rings is 1. The lowest BCUT2D eigenvalue weighted by Crippen LogP contribution is -2.23. The van der Waals surface area contributed by atoms with E-state index in [9.17, 15) is 9.59 Å². The molecule has 1 rings (SSSR count). The second-order valence-electron chi connectivity index (χ2n) is 4.18. The third-order valence-electron chi connectivity index (χ3n) is 2.99. The minimum absolute atomic E-state index is 0.0158. The normalized spacial score (nSPS) is 10.7. The quantitative estimate of drug-likeness (QED) is 0.832. The van der Waals surface area contributed by atoms with Crippen LogP contribution in [-0.4, -0.2) is 11.8 Å². The van der Waals surface area contributed by atoms with Gasteiger partial charge in [-0.25, -0.2) is 0 Å². The maximum atomic E-state index is 12.0. The minimum atomic E-state index is -0.495. The highest BCUT2D eigenvalue weighted by Gasteiger charge is 2.19. The maximum absolute atomic E-state index is 12.0. The topological polar surface area (TPSA) is 72.2 Å². The van der Waals surface area contributed by atoms with Crippen molar-refractivity contribution in [3.63, 3.8) is 0 Å². The van der Waals surface area contributed by atoms with Gasteiger partial charge in [0.15, 0.2) is 0 Å². The Morgan fingerprint density at radius 1 is 1.33 bits per heavy atom. The number of primary amides is 1. The Kier molecular flexibility index (Phi) is 5.34. The fourth-order valence-corrected chi connectivity index (χ4v) is 2.77. The van der Waals surface area contributed by atoms with Gasteiger partial charge >= 0.3 is 0 Å². The number of hydrogen-bond acceptors (Lipinski definition) is 3. The average molecular weight is 268 g/mol.